The zero-order valence-electron chi connectivity index (χ0n) is 14.0. The van der Waals surface area contributed by atoms with E-state index in [2.05, 4.69) is 12.2 Å². The van der Waals surface area contributed by atoms with Crippen molar-refractivity contribution < 1.29 is 13.2 Å². The second kappa shape index (κ2) is 7.21. The van der Waals surface area contributed by atoms with Crippen LogP contribution in [0.5, 0.6) is 0 Å². The number of hydrogen-bond acceptors (Lipinski definition) is 4. The summed E-state index contributed by atoms with van der Waals surface area (Å²) in [6.45, 7) is 4.40. The van der Waals surface area contributed by atoms with Crippen LogP contribution < -0.4 is 5.32 Å². The minimum Gasteiger partial charge on any atom is -0.352 e. The predicted molar refractivity (Wildman–Crippen MR) is 92.0 cm³/mol. The van der Waals surface area contributed by atoms with Crippen molar-refractivity contribution in [2.45, 2.75) is 30.7 Å². The SMILES string of the molecule is C[C@H](NC(=O)CN1CCN(S(=O)(=O)c2ccccc2)CC1)C1CC1. The highest BCUT2D eigenvalue weighted by molar-refractivity contribution is 7.89. The highest BCUT2D eigenvalue weighted by Crippen LogP contribution is 2.32. The summed E-state index contributed by atoms with van der Waals surface area (Å²) in [6, 6.07) is 8.75. The first-order valence-electron chi connectivity index (χ1n) is 8.54. The molecule has 7 heteroatoms. The van der Waals surface area contributed by atoms with E-state index >= 15 is 0 Å². The molecule has 1 N–H and O–H groups in total. The molecule has 24 heavy (non-hydrogen) atoms. The first-order valence-corrected chi connectivity index (χ1v) is 9.98. The summed E-state index contributed by atoms with van der Waals surface area (Å²) < 4.78 is 26.6. The molecule has 1 heterocycles. The van der Waals surface area contributed by atoms with E-state index in [-0.39, 0.29) is 11.9 Å². The van der Waals surface area contributed by atoms with Crippen LogP contribution in [0.4, 0.5) is 0 Å². The Balaban J connectivity index is 1.49. The third kappa shape index (κ3) is 4.15. The number of carbonyl (C=O) groups excluding carboxylic acids is 1. The topological polar surface area (TPSA) is 69.7 Å². The van der Waals surface area contributed by atoms with Gasteiger partial charge in [-0.3, -0.25) is 9.69 Å². The van der Waals surface area contributed by atoms with Gasteiger partial charge >= 0.3 is 0 Å². The molecule has 1 amide bonds. The fourth-order valence-corrected chi connectivity index (χ4v) is 4.53. The molecule has 6 nitrogen and oxygen atoms in total. The van der Waals surface area contributed by atoms with Gasteiger partial charge in [0.15, 0.2) is 0 Å². The van der Waals surface area contributed by atoms with E-state index < -0.39 is 10.0 Å². The van der Waals surface area contributed by atoms with Gasteiger partial charge < -0.3 is 5.32 Å². The molecule has 3 rings (SSSR count). The predicted octanol–water partition coefficient (Wildman–Crippen LogP) is 0.908. The van der Waals surface area contributed by atoms with E-state index in [1.165, 1.54) is 17.1 Å². The lowest BCUT2D eigenvalue weighted by molar-refractivity contribution is -0.123. The Morgan fingerprint density at radius 1 is 1.17 bits per heavy atom. The molecule has 1 saturated carbocycles. The molecule has 2 fully saturated rings. The first kappa shape index (κ1) is 17.4. The largest absolute Gasteiger partial charge is 0.352 e. The van der Waals surface area contributed by atoms with E-state index in [0.717, 1.165) is 0 Å². The number of amides is 1. The summed E-state index contributed by atoms with van der Waals surface area (Å²) in [6.07, 6.45) is 2.41. The van der Waals surface area contributed by atoms with Gasteiger partial charge in [-0.1, -0.05) is 18.2 Å². The van der Waals surface area contributed by atoms with Crippen LogP contribution in [0.3, 0.4) is 0 Å². The molecular weight excluding hydrogens is 326 g/mol. The summed E-state index contributed by atoms with van der Waals surface area (Å²) >= 11 is 0. The second-order valence-electron chi connectivity index (χ2n) is 6.69. The van der Waals surface area contributed by atoms with Gasteiger partial charge in [0.25, 0.3) is 0 Å². The molecule has 1 aromatic carbocycles. The van der Waals surface area contributed by atoms with Gasteiger partial charge in [0.2, 0.25) is 15.9 Å². The van der Waals surface area contributed by atoms with E-state index in [1.54, 1.807) is 30.3 Å². The molecule has 1 atom stereocenters. The van der Waals surface area contributed by atoms with Gasteiger partial charge in [-0.05, 0) is 37.8 Å². The average molecular weight is 351 g/mol. The molecule has 0 radical (unpaired) electrons. The summed E-state index contributed by atoms with van der Waals surface area (Å²) in [4.78, 5) is 14.4. The van der Waals surface area contributed by atoms with Crippen molar-refractivity contribution in [2.24, 2.45) is 5.92 Å². The molecule has 1 aliphatic heterocycles. The van der Waals surface area contributed by atoms with Crippen molar-refractivity contribution in [3.63, 3.8) is 0 Å². The number of benzene rings is 1. The maximum absolute atomic E-state index is 12.6. The van der Waals surface area contributed by atoms with Crippen molar-refractivity contribution in [1.29, 1.82) is 0 Å². The number of piperazine rings is 1. The Morgan fingerprint density at radius 2 is 1.79 bits per heavy atom. The second-order valence-corrected chi connectivity index (χ2v) is 8.62. The number of carbonyl (C=O) groups is 1. The minimum atomic E-state index is -3.43. The average Bonchev–Trinajstić information content (AvgIpc) is 3.41. The lowest BCUT2D eigenvalue weighted by Gasteiger charge is -2.33. The number of nitrogens with one attached hydrogen (secondary N) is 1. The molecule has 1 aliphatic carbocycles. The fraction of sp³-hybridized carbons (Fsp3) is 0.588. The quantitative estimate of drug-likeness (QED) is 0.827. The van der Waals surface area contributed by atoms with Crippen molar-refractivity contribution in [1.82, 2.24) is 14.5 Å². The number of nitrogens with zero attached hydrogens (tertiary/aromatic N) is 2. The van der Waals surface area contributed by atoms with Gasteiger partial charge in [-0.15, -0.1) is 0 Å². The molecule has 0 aromatic heterocycles. The monoisotopic (exact) mass is 351 g/mol. The molecule has 132 valence electrons. The first-order chi connectivity index (χ1) is 11.5. The Morgan fingerprint density at radius 3 is 2.38 bits per heavy atom. The van der Waals surface area contributed by atoms with Crippen LogP contribution in [0.25, 0.3) is 0 Å². The van der Waals surface area contributed by atoms with Crippen LogP contribution in [0, 0.1) is 5.92 Å². The standard InChI is InChI=1S/C17H25N3O3S/c1-14(15-7-8-15)18-17(21)13-19-9-11-20(12-10-19)24(22,23)16-5-3-2-4-6-16/h2-6,14-15H,7-13H2,1H3,(H,18,21)/t14-/m0/s1. The van der Waals surface area contributed by atoms with Gasteiger partial charge in [-0.25, -0.2) is 8.42 Å². The van der Waals surface area contributed by atoms with Crippen molar-refractivity contribution in [2.75, 3.05) is 32.7 Å². The van der Waals surface area contributed by atoms with Crippen molar-refractivity contribution in [3.05, 3.63) is 30.3 Å². The minimum absolute atomic E-state index is 0.0359. The molecule has 0 unspecified atom stereocenters. The summed E-state index contributed by atoms with van der Waals surface area (Å²) in [5.74, 6) is 0.676. The molecule has 2 aliphatic rings. The summed E-state index contributed by atoms with van der Waals surface area (Å²) in [5.41, 5.74) is 0. The lowest BCUT2D eigenvalue weighted by Crippen LogP contribution is -2.51. The molecule has 1 saturated heterocycles. The molecule has 1 aromatic rings. The Bertz CT molecular complexity index is 666. The van der Waals surface area contributed by atoms with Crippen LogP contribution in [-0.2, 0) is 14.8 Å². The van der Waals surface area contributed by atoms with Crippen LogP contribution >= 0.6 is 0 Å². The fourth-order valence-electron chi connectivity index (χ4n) is 3.09. The van der Waals surface area contributed by atoms with Crippen LogP contribution in [0.1, 0.15) is 19.8 Å². The van der Waals surface area contributed by atoms with Gasteiger partial charge in [0.1, 0.15) is 0 Å². The zero-order chi connectivity index (χ0) is 17.2. The lowest BCUT2D eigenvalue weighted by atomic mass is 10.2. The van der Waals surface area contributed by atoms with Crippen LogP contribution in [0.15, 0.2) is 35.2 Å². The molecule has 0 bridgehead atoms. The Labute approximate surface area is 143 Å². The van der Waals surface area contributed by atoms with E-state index in [4.69, 9.17) is 0 Å². The highest BCUT2D eigenvalue weighted by Gasteiger charge is 2.31. The third-order valence-electron chi connectivity index (χ3n) is 4.80. The maximum atomic E-state index is 12.6. The number of sulfonamides is 1. The van der Waals surface area contributed by atoms with E-state index in [0.29, 0.717) is 43.5 Å². The summed E-state index contributed by atoms with van der Waals surface area (Å²) in [5, 5.41) is 3.04. The smallest absolute Gasteiger partial charge is 0.243 e. The molecular formula is C17H25N3O3S. The van der Waals surface area contributed by atoms with E-state index in [9.17, 15) is 13.2 Å². The number of hydrogen-bond donors (Lipinski definition) is 1. The van der Waals surface area contributed by atoms with Gasteiger partial charge in [-0.2, -0.15) is 4.31 Å². The van der Waals surface area contributed by atoms with Crippen molar-refractivity contribution >= 4 is 15.9 Å². The van der Waals surface area contributed by atoms with Gasteiger partial charge in [0.05, 0.1) is 11.4 Å². The number of rotatable bonds is 6. The Kier molecular flexibility index (Phi) is 5.22. The van der Waals surface area contributed by atoms with Crippen LogP contribution in [-0.4, -0.2) is 62.3 Å². The molecule has 0 spiro atoms. The maximum Gasteiger partial charge on any atom is 0.243 e. The Hall–Kier alpha value is -1.44. The van der Waals surface area contributed by atoms with Gasteiger partial charge in [0, 0.05) is 32.2 Å². The highest BCUT2D eigenvalue weighted by atomic mass is 32.2. The summed E-state index contributed by atoms with van der Waals surface area (Å²) in [7, 11) is -3.43. The zero-order valence-corrected chi connectivity index (χ0v) is 14.8. The van der Waals surface area contributed by atoms with Crippen LogP contribution in [0.2, 0.25) is 0 Å². The normalized spacial score (nSPS) is 21.4. The van der Waals surface area contributed by atoms with E-state index in [1.807, 2.05) is 4.90 Å². The van der Waals surface area contributed by atoms with Crippen molar-refractivity contribution in [3.8, 4) is 0 Å². The third-order valence-corrected chi connectivity index (χ3v) is 6.71.